The van der Waals surface area contributed by atoms with Gasteiger partial charge in [0.1, 0.15) is 6.33 Å². The fourth-order valence-electron chi connectivity index (χ4n) is 2.14. The van der Waals surface area contributed by atoms with Gasteiger partial charge in [-0.25, -0.2) is 4.68 Å². The van der Waals surface area contributed by atoms with Crippen molar-refractivity contribution in [2.24, 2.45) is 5.92 Å². The van der Waals surface area contributed by atoms with Crippen molar-refractivity contribution in [3.63, 3.8) is 0 Å². The highest BCUT2D eigenvalue weighted by molar-refractivity contribution is 6.33. The van der Waals surface area contributed by atoms with Gasteiger partial charge in [0.15, 0.2) is 0 Å². The van der Waals surface area contributed by atoms with Crippen molar-refractivity contribution >= 4 is 23.2 Å². The zero-order chi connectivity index (χ0) is 13.9. The Hall–Kier alpha value is -1.99. The summed E-state index contributed by atoms with van der Waals surface area (Å²) in [6, 6.07) is 5.24. The first kappa shape index (κ1) is 13.0. The maximum Gasteiger partial charge on any atom is 0.228 e. The van der Waals surface area contributed by atoms with Crippen molar-refractivity contribution in [3.05, 3.63) is 29.5 Å². The van der Waals surface area contributed by atoms with Gasteiger partial charge >= 0.3 is 0 Å². The number of hydrogen-bond acceptors (Lipinski definition) is 5. The van der Waals surface area contributed by atoms with E-state index in [1.54, 1.807) is 18.2 Å². The van der Waals surface area contributed by atoms with Gasteiger partial charge in [-0.1, -0.05) is 11.6 Å². The molecule has 2 aromatic rings. The molecule has 1 saturated heterocycles. The molecule has 3 rings (SSSR count). The van der Waals surface area contributed by atoms with Crippen molar-refractivity contribution in [2.75, 3.05) is 18.4 Å². The van der Waals surface area contributed by atoms with Gasteiger partial charge in [0.25, 0.3) is 0 Å². The first-order chi connectivity index (χ1) is 9.74. The van der Waals surface area contributed by atoms with Crippen LogP contribution in [0.5, 0.6) is 0 Å². The molecule has 0 aliphatic carbocycles. The number of anilines is 1. The molecule has 104 valence electrons. The van der Waals surface area contributed by atoms with Gasteiger partial charge in [-0.2, -0.15) is 0 Å². The third-order valence-corrected chi connectivity index (χ3v) is 3.58. The molecular formula is C12H13ClN6O. The van der Waals surface area contributed by atoms with Crippen molar-refractivity contribution in [2.45, 2.75) is 6.42 Å². The fraction of sp³-hybridized carbons (Fsp3) is 0.333. The molecule has 1 aliphatic rings. The minimum atomic E-state index is -0.0224. The summed E-state index contributed by atoms with van der Waals surface area (Å²) in [5, 5.41) is 17.5. The average Bonchev–Trinajstić information content (AvgIpc) is 3.14. The number of rotatable bonds is 3. The molecule has 2 heterocycles. The zero-order valence-corrected chi connectivity index (χ0v) is 11.3. The molecule has 1 aliphatic heterocycles. The minimum absolute atomic E-state index is 0.0113. The topological polar surface area (TPSA) is 84.7 Å². The van der Waals surface area contributed by atoms with Crippen LogP contribution < -0.4 is 10.6 Å². The molecule has 1 aromatic carbocycles. The van der Waals surface area contributed by atoms with E-state index in [-0.39, 0.29) is 11.8 Å². The van der Waals surface area contributed by atoms with Gasteiger partial charge in [0.2, 0.25) is 5.91 Å². The lowest BCUT2D eigenvalue weighted by atomic mass is 10.1. The van der Waals surface area contributed by atoms with Crippen LogP contribution in [0.1, 0.15) is 6.42 Å². The van der Waals surface area contributed by atoms with Crippen molar-refractivity contribution in [1.82, 2.24) is 25.5 Å². The van der Waals surface area contributed by atoms with E-state index >= 15 is 0 Å². The SMILES string of the molecule is O=C(Nc1cc(-n2cnnn2)ccc1Cl)C1CCNC1. The van der Waals surface area contributed by atoms with Crippen LogP contribution in [0, 0.1) is 5.92 Å². The normalized spacial score (nSPS) is 18.1. The number of tetrazole rings is 1. The van der Waals surface area contributed by atoms with Crippen LogP contribution >= 0.6 is 11.6 Å². The largest absolute Gasteiger partial charge is 0.324 e. The van der Waals surface area contributed by atoms with Crippen LogP contribution in [0.2, 0.25) is 5.02 Å². The van der Waals surface area contributed by atoms with Crippen molar-refractivity contribution in [3.8, 4) is 5.69 Å². The van der Waals surface area contributed by atoms with Gasteiger partial charge in [-0.05, 0) is 41.6 Å². The molecule has 20 heavy (non-hydrogen) atoms. The van der Waals surface area contributed by atoms with Crippen LogP contribution in [-0.4, -0.2) is 39.2 Å². The molecule has 1 atom stereocenters. The van der Waals surface area contributed by atoms with E-state index in [2.05, 4.69) is 26.2 Å². The predicted octanol–water partition coefficient (Wildman–Crippen LogP) is 0.864. The van der Waals surface area contributed by atoms with E-state index in [0.717, 1.165) is 18.7 Å². The number of nitrogens with zero attached hydrogens (tertiary/aromatic N) is 4. The molecule has 1 fully saturated rings. The molecule has 2 N–H and O–H groups in total. The number of amides is 1. The van der Waals surface area contributed by atoms with Crippen LogP contribution in [-0.2, 0) is 4.79 Å². The maximum absolute atomic E-state index is 12.1. The third kappa shape index (κ3) is 2.63. The van der Waals surface area contributed by atoms with Crippen LogP contribution in [0.25, 0.3) is 5.69 Å². The summed E-state index contributed by atoms with van der Waals surface area (Å²) in [7, 11) is 0. The standard InChI is InChI=1S/C12H13ClN6O/c13-10-2-1-9(19-7-15-17-18-19)5-11(10)16-12(20)8-3-4-14-6-8/h1-2,5,7-8,14H,3-4,6H2,(H,16,20). The van der Waals surface area contributed by atoms with Gasteiger partial charge in [-0.15, -0.1) is 5.10 Å². The lowest BCUT2D eigenvalue weighted by molar-refractivity contribution is -0.119. The highest BCUT2D eigenvalue weighted by Crippen LogP contribution is 2.25. The van der Waals surface area contributed by atoms with Gasteiger partial charge in [-0.3, -0.25) is 4.79 Å². The number of halogens is 1. The smallest absolute Gasteiger partial charge is 0.228 e. The summed E-state index contributed by atoms with van der Waals surface area (Å²) in [4.78, 5) is 12.1. The number of aromatic nitrogens is 4. The van der Waals surface area contributed by atoms with Crippen LogP contribution in [0.15, 0.2) is 24.5 Å². The summed E-state index contributed by atoms with van der Waals surface area (Å²) >= 11 is 6.12. The van der Waals surface area contributed by atoms with Gasteiger partial charge in [0.05, 0.1) is 22.3 Å². The number of benzene rings is 1. The van der Waals surface area contributed by atoms with E-state index in [0.29, 0.717) is 17.3 Å². The average molecular weight is 293 g/mol. The second-order valence-electron chi connectivity index (χ2n) is 4.60. The Morgan fingerprint density at radius 1 is 1.50 bits per heavy atom. The zero-order valence-electron chi connectivity index (χ0n) is 10.6. The number of hydrogen-bond donors (Lipinski definition) is 2. The molecule has 0 bridgehead atoms. The fourth-order valence-corrected chi connectivity index (χ4v) is 2.31. The summed E-state index contributed by atoms with van der Waals surface area (Å²) in [6.07, 6.45) is 2.33. The molecule has 7 nitrogen and oxygen atoms in total. The van der Waals surface area contributed by atoms with Crippen molar-refractivity contribution in [1.29, 1.82) is 0 Å². The van der Waals surface area contributed by atoms with Crippen LogP contribution in [0.3, 0.4) is 0 Å². The molecule has 1 amide bonds. The van der Waals surface area contributed by atoms with E-state index in [1.807, 2.05) is 0 Å². The summed E-state index contributed by atoms with van der Waals surface area (Å²) in [6.45, 7) is 1.58. The highest BCUT2D eigenvalue weighted by atomic mass is 35.5. The molecule has 1 unspecified atom stereocenters. The second-order valence-corrected chi connectivity index (χ2v) is 5.00. The lowest BCUT2D eigenvalue weighted by Crippen LogP contribution is -2.24. The lowest BCUT2D eigenvalue weighted by Gasteiger charge is -2.12. The highest BCUT2D eigenvalue weighted by Gasteiger charge is 2.23. The second kappa shape index (κ2) is 5.56. The molecule has 8 heteroatoms. The minimum Gasteiger partial charge on any atom is -0.324 e. The number of nitrogens with one attached hydrogen (secondary N) is 2. The quantitative estimate of drug-likeness (QED) is 0.876. The summed E-state index contributed by atoms with van der Waals surface area (Å²) < 4.78 is 1.50. The predicted molar refractivity (Wildman–Crippen MR) is 73.8 cm³/mol. The molecule has 1 aromatic heterocycles. The molecule has 0 spiro atoms. The van der Waals surface area contributed by atoms with Crippen molar-refractivity contribution < 1.29 is 4.79 Å². The van der Waals surface area contributed by atoms with Gasteiger partial charge in [0, 0.05) is 6.54 Å². The van der Waals surface area contributed by atoms with E-state index in [4.69, 9.17) is 11.6 Å². The number of carbonyl (C=O) groups is 1. The van der Waals surface area contributed by atoms with E-state index in [1.165, 1.54) is 11.0 Å². The summed E-state index contributed by atoms with van der Waals surface area (Å²) in [5.74, 6) is -0.0338. The summed E-state index contributed by atoms with van der Waals surface area (Å²) in [5.41, 5.74) is 1.30. The Balaban J connectivity index is 1.81. The Morgan fingerprint density at radius 2 is 2.40 bits per heavy atom. The molecule has 0 saturated carbocycles. The molecular weight excluding hydrogens is 280 g/mol. The third-order valence-electron chi connectivity index (χ3n) is 3.25. The number of carbonyl (C=O) groups excluding carboxylic acids is 1. The Labute approximate surface area is 120 Å². The molecule has 0 radical (unpaired) electrons. The monoisotopic (exact) mass is 292 g/mol. The van der Waals surface area contributed by atoms with E-state index < -0.39 is 0 Å². The van der Waals surface area contributed by atoms with Gasteiger partial charge < -0.3 is 10.6 Å². The Kier molecular flexibility index (Phi) is 3.62. The first-order valence-electron chi connectivity index (χ1n) is 6.28. The van der Waals surface area contributed by atoms with E-state index in [9.17, 15) is 4.79 Å². The van der Waals surface area contributed by atoms with Crippen LogP contribution in [0.4, 0.5) is 5.69 Å². The first-order valence-corrected chi connectivity index (χ1v) is 6.66. The Morgan fingerprint density at radius 3 is 3.10 bits per heavy atom. The maximum atomic E-state index is 12.1. The Bertz CT molecular complexity index is 608.